The van der Waals surface area contributed by atoms with Crippen molar-refractivity contribution in [2.75, 3.05) is 19.8 Å². The molecule has 0 bridgehead atoms. The lowest BCUT2D eigenvalue weighted by molar-refractivity contribution is -0.135. The quantitative estimate of drug-likeness (QED) is 0.323. The molecular weight excluding hydrogens is 368 g/mol. The van der Waals surface area contributed by atoms with Crippen LogP contribution >= 0.6 is 0 Å². The molecule has 1 aliphatic heterocycles. The highest BCUT2D eigenvalue weighted by Crippen LogP contribution is 2.53. The van der Waals surface area contributed by atoms with Gasteiger partial charge in [0.25, 0.3) is 0 Å². The van der Waals surface area contributed by atoms with Crippen molar-refractivity contribution < 1.29 is 19.4 Å². The predicted molar refractivity (Wildman–Crippen MR) is 117 cm³/mol. The average Bonchev–Trinajstić information content (AvgIpc) is 2.94. The van der Waals surface area contributed by atoms with E-state index in [-0.39, 0.29) is 23.9 Å². The van der Waals surface area contributed by atoms with Crippen LogP contribution in [0.15, 0.2) is 34.1 Å². The third kappa shape index (κ3) is 4.62. The average molecular weight is 407 g/mol. The first-order valence-corrected chi connectivity index (χ1v) is 14.4. The summed E-state index contributed by atoms with van der Waals surface area (Å²) in [6.45, 7) is 16.7. The van der Waals surface area contributed by atoms with Gasteiger partial charge in [0.15, 0.2) is 0 Å². The molecule has 1 heterocycles. The molecule has 2 unspecified atom stereocenters. The number of allylic oxidation sites excluding steroid dienone is 3. The van der Waals surface area contributed by atoms with Gasteiger partial charge < -0.3 is 14.6 Å². The van der Waals surface area contributed by atoms with Gasteiger partial charge in [0, 0.05) is 13.5 Å². The van der Waals surface area contributed by atoms with Crippen LogP contribution in [0.3, 0.4) is 0 Å². The van der Waals surface area contributed by atoms with Crippen LogP contribution in [0.4, 0.5) is 0 Å². The Bertz CT molecular complexity index is 690. The van der Waals surface area contributed by atoms with Crippen molar-refractivity contribution in [3.05, 3.63) is 34.1 Å². The van der Waals surface area contributed by atoms with E-state index < -0.39 is 8.07 Å². The van der Waals surface area contributed by atoms with Crippen molar-refractivity contribution in [3.8, 4) is 0 Å². The summed E-state index contributed by atoms with van der Waals surface area (Å²) >= 11 is 0. The van der Waals surface area contributed by atoms with Crippen molar-refractivity contribution in [2.24, 2.45) is 11.3 Å². The number of rotatable bonds is 9. The van der Waals surface area contributed by atoms with Gasteiger partial charge in [-0.2, -0.15) is 0 Å². The SMILES string of the molecule is CCC1=C(C/C=C(\CC)CO)C(OCC[Si](C)(C)C)=C2C(=O)OCC2(C)C1C. The monoisotopic (exact) mass is 406 g/mol. The molecule has 28 heavy (non-hydrogen) atoms. The Hall–Kier alpha value is -1.33. The summed E-state index contributed by atoms with van der Waals surface area (Å²) in [7, 11) is -1.24. The van der Waals surface area contributed by atoms with Crippen LogP contribution in [0.5, 0.6) is 0 Å². The smallest absolute Gasteiger partial charge is 0.338 e. The molecular formula is C23H38O4Si. The Morgan fingerprint density at radius 3 is 2.57 bits per heavy atom. The van der Waals surface area contributed by atoms with Gasteiger partial charge in [-0.15, -0.1) is 0 Å². The highest BCUT2D eigenvalue weighted by atomic mass is 28.3. The van der Waals surface area contributed by atoms with Gasteiger partial charge in [0.1, 0.15) is 12.4 Å². The minimum Gasteiger partial charge on any atom is -0.493 e. The minimum atomic E-state index is -1.24. The zero-order valence-corrected chi connectivity index (χ0v) is 19.8. The number of carbonyl (C=O) groups excluding carboxylic acids is 1. The third-order valence-electron chi connectivity index (χ3n) is 6.38. The Labute approximate surface area is 171 Å². The van der Waals surface area contributed by atoms with Gasteiger partial charge in [-0.25, -0.2) is 4.79 Å². The molecule has 1 fully saturated rings. The van der Waals surface area contributed by atoms with E-state index >= 15 is 0 Å². The van der Waals surface area contributed by atoms with E-state index in [4.69, 9.17) is 9.47 Å². The highest BCUT2D eigenvalue weighted by molar-refractivity contribution is 6.76. The van der Waals surface area contributed by atoms with Crippen LogP contribution < -0.4 is 0 Å². The highest BCUT2D eigenvalue weighted by Gasteiger charge is 2.52. The molecule has 0 aromatic heterocycles. The Morgan fingerprint density at radius 2 is 2.04 bits per heavy atom. The lowest BCUT2D eigenvalue weighted by Crippen LogP contribution is -2.35. The fourth-order valence-electron chi connectivity index (χ4n) is 4.16. The standard InChI is InChI=1S/C23H38O4Si/c1-8-17(14-24)10-11-19-18(9-2)16(3)23(4)15-27-22(25)20(23)21(19)26-12-13-28(5,6)7/h10,16,24H,8-9,11-15H2,1-7H3/b17-10+. The largest absolute Gasteiger partial charge is 0.493 e. The maximum Gasteiger partial charge on any atom is 0.338 e. The molecule has 0 aromatic carbocycles. The van der Waals surface area contributed by atoms with Crippen LogP contribution in [-0.4, -0.2) is 39.0 Å². The second-order valence-electron chi connectivity index (χ2n) is 9.51. The second-order valence-corrected chi connectivity index (χ2v) is 15.1. The van der Waals surface area contributed by atoms with E-state index in [2.05, 4.69) is 53.4 Å². The van der Waals surface area contributed by atoms with Gasteiger partial charge in [-0.3, -0.25) is 0 Å². The molecule has 2 rings (SSSR count). The molecule has 5 heteroatoms. The van der Waals surface area contributed by atoms with Gasteiger partial charge in [-0.1, -0.05) is 59.0 Å². The molecule has 1 aliphatic carbocycles. The first-order valence-electron chi connectivity index (χ1n) is 10.6. The fraction of sp³-hybridized carbons (Fsp3) is 0.696. The lowest BCUT2D eigenvalue weighted by atomic mass is 9.64. The third-order valence-corrected chi connectivity index (χ3v) is 8.08. The van der Waals surface area contributed by atoms with E-state index in [1.165, 1.54) is 5.57 Å². The summed E-state index contributed by atoms with van der Waals surface area (Å²) < 4.78 is 11.9. The number of carbonyl (C=O) groups is 1. The molecule has 0 saturated carbocycles. The summed E-state index contributed by atoms with van der Waals surface area (Å²) in [5.41, 5.74) is 3.88. The van der Waals surface area contributed by atoms with Crippen molar-refractivity contribution in [1.82, 2.24) is 0 Å². The normalized spacial score (nSPS) is 25.9. The van der Waals surface area contributed by atoms with Gasteiger partial charge in [0.05, 0.1) is 18.8 Å². The topological polar surface area (TPSA) is 55.8 Å². The first-order chi connectivity index (χ1) is 13.1. The zero-order chi connectivity index (χ0) is 21.1. The van der Waals surface area contributed by atoms with Crippen molar-refractivity contribution in [3.63, 3.8) is 0 Å². The lowest BCUT2D eigenvalue weighted by Gasteiger charge is -2.39. The number of aliphatic hydroxyl groups is 1. The molecule has 2 aliphatic rings. The molecule has 1 saturated heterocycles. The van der Waals surface area contributed by atoms with E-state index in [1.807, 2.05) is 0 Å². The maximum atomic E-state index is 12.7. The molecule has 0 radical (unpaired) electrons. The number of esters is 1. The Morgan fingerprint density at radius 1 is 1.36 bits per heavy atom. The van der Waals surface area contributed by atoms with Crippen molar-refractivity contribution >= 4 is 14.0 Å². The summed E-state index contributed by atoms with van der Waals surface area (Å²) in [5, 5.41) is 9.56. The van der Waals surface area contributed by atoms with E-state index in [1.54, 1.807) is 0 Å². The molecule has 1 N–H and O–H groups in total. The number of hydrogen-bond acceptors (Lipinski definition) is 4. The summed E-state index contributed by atoms with van der Waals surface area (Å²) in [6, 6.07) is 1.05. The van der Waals surface area contributed by atoms with Crippen LogP contribution in [0, 0.1) is 11.3 Å². The van der Waals surface area contributed by atoms with Crippen LogP contribution in [-0.2, 0) is 14.3 Å². The molecule has 0 amide bonds. The van der Waals surface area contributed by atoms with E-state index in [9.17, 15) is 9.90 Å². The summed E-state index contributed by atoms with van der Waals surface area (Å²) in [4.78, 5) is 12.7. The number of aliphatic hydroxyl groups excluding tert-OH is 1. The summed E-state index contributed by atoms with van der Waals surface area (Å²) in [6.07, 6.45) is 4.53. The molecule has 0 aromatic rings. The van der Waals surface area contributed by atoms with Gasteiger partial charge in [-0.05, 0) is 42.4 Å². The van der Waals surface area contributed by atoms with Crippen molar-refractivity contribution in [2.45, 2.75) is 72.6 Å². The molecule has 4 nitrogen and oxygen atoms in total. The number of ether oxygens (including phenoxy) is 2. The van der Waals surface area contributed by atoms with E-state index in [0.717, 1.165) is 41.4 Å². The molecule has 0 spiro atoms. The maximum absolute atomic E-state index is 12.7. The van der Waals surface area contributed by atoms with Crippen molar-refractivity contribution in [1.29, 1.82) is 0 Å². The number of hydrogen-bond donors (Lipinski definition) is 1. The number of fused-ring (bicyclic) bond motifs is 1. The summed E-state index contributed by atoms with van der Waals surface area (Å²) in [5.74, 6) is 0.751. The number of cyclic esters (lactones) is 1. The Kier molecular flexibility index (Phi) is 7.37. The fourth-order valence-corrected chi connectivity index (χ4v) is 4.87. The zero-order valence-electron chi connectivity index (χ0n) is 18.8. The first kappa shape index (κ1) is 23.0. The van der Waals surface area contributed by atoms with Crippen LogP contribution in [0.1, 0.15) is 47.0 Å². The van der Waals surface area contributed by atoms with Gasteiger partial charge in [0.2, 0.25) is 0 Å². The minimum absolute atomic E-state index is 0.0724. The molecule has 158 valence electrons. The van der Waals surface area contributed by atoms with Gasteiger partial charge >= 0.3 is 5.97 Å². The van der Waals surface area contributed by atoms with E-state index in [0.29, 0.717) is 19.6 Å². The van der Waals surface area contributed by atoms with Crippen LogP contribution in [0.25, 0.3) is 0 Å². The van der Waals surface area contributed by atoms with Crippen LogP contribution in [0.2, 0.25) is 25.7 Å². The predicted octanol–water partition coefficient (Wildman–Crippen LogP) is 5.23. The second kappa shape index (κ2) is 9.00. The Balaban J connectivity index is 2.51. The molecule has 2 atom stereocenters.